The van der Waals surface area contributed by atoms with E-state index in [2.05, 4.69) is 20.8 Å². The number of fused-ring (bicyclic) bond motifs is 1. The lowest BCUT2D eigenvalue weighted by molar-refractivity contribution is -0.127. The van der Waals surface area contributed by atoms with E-state index in [1.165, 1.54) is 6.92 Å². The Labute approximate surface area is 160 Å². The van der Waals surface area contributed by atoms with Gasteiger partial charge in [-0.05, 0) is 25.8 Å². The second-order valence-electron chi connectivity index (χ2n) is 6.79. The molecule has 9 heteroatoms. The summed E-state index contributed by atoms with van der Waals surface area (Å²) < 4.78 is 5.12. The third-order valence-electron chi connectivity index (χ3n) is 4.72. The maximum Gasteiger partial charge on any atom is 0.360 e. The molecule has 1 aliphatic rings. The fourth-order valence-electron chi connectivity index (χ4n) is 3.22. The van der Waals surface area contributed by atoms with Gasteiger partial charge in [0.2, 0.25) is 0 Å². The van der Waals surface area contributed by atoms with Crippen LogP contribution in [0.2, 0.25) is 0 Å². The van der Waals surface area contributed by atoms with Crippen molar-refractivity contribution in [1.29, 1.82) is 0 Å². The fraction of sp³-hybridized carbons (Fsp3) is 0.421. The first-order valence-electron chi connectivity index (χ1n) is 9.25. The van der Waals surface area contributed by atoms with Crippen LogP contribution in [0, 0.1) is 0 Å². The largest absolute Gasteiger partial charge is 0.448 e. The van der Waals surface area contributed by atoms with Gasteiger partial charge in [0, 0.05) is 11.4 Å². The molecular weight excluding hydrogens is 364 g/mol. The highest BCUT2D eigenvalue weighted by atomic mass is 16.5. The van der Waals surface area contributed by atoms with E-state index in [0.29, 0.717) is 5.39 Å². The third-order valence-corrected chi connectivity index (χ3v) is 4.72. The van der Waals surface area contributed by atoms with Crippen LogP contribution in [0.3, 0.4) is 0 Å². The van der Waals surface area contributed by atoms with E-state index in [1.807, 2.05) is 0 Å². The number of aromatic amines is 1. The maximum absolute atomic E-state index is 12.4. The van der Waals surface area contributed by atoms with Crippen LogP contribution in [0.1, 0.15) is 49.5 Å². The molecule has 3 rings (SSSR count). The van der Waals surface area contributed by atoms with Gasteiger partial charge in [-0.3, -0.25) is 14.9 Å². The van der Waals surface area contributed by atoms with Crippen LogP contribution < -0.4 is 16.2 Å². The maximum atomic E-state index is 12.4. The smallest absolute Gasteiger partial charge is 0.360 e. The SMILES string of the molecule is C[C@@H](OC(=O)c1n[nH]c(=O)c2ccccc12)C(=O)NC(=O)NC1CCCCC1. The average molecular weight is 386 g/mol. The molecule has 1 aromatic carbocycles. The number of nitrogens with one attached hydrogen (secondary N) is 3. The van der Waals surface area contributed by atoms with Gasteiger partial charge < -0.3 is 10.1 Å². The molecule has 1 aliphatic carbocycles. The minimum Gasteiger partial charge on any atom is -0.448 e. The van der Waals surface area contributed by atoms with Crippen molar-refractivity contribution >= 4 is 28.7 Å². The van der Waals surface area contributed by atoms with Gasteiger partial charge in [0.05, 0.1) is 5.39 Å². The molecule has 1 atom stereocenters. The summed E-state index contributed by atoms with van der Waals surface area (Å²) in [5, 5.41) is 11.5. The van der Waals surface area contributed by atoms with E-state index < -0.39 is 29.6 Å². The highest BCUT2D eigenvalue weighted by Crippen LogP contribution is 2.17. The van der Waals surface area contributed by atoms with Gasteiger partial charge in [0.15, 0.2) is 11.8 Å². The zero-order valence-corrected chi connectivity index (χ0v) is 15.5. The predicted octanol–water partition coefficient (Wildman–Crippen LogP) is 1.63. The lowest BCUT2D eigenvalue weighted by Crippen LogP contribution is -2.48. The molecule has 1 saturated carbocycles. The van der Waals surface area contributed by atoms with Crippen LogP contribution in [0.15, 0.2) is 29.1 Å². The second-order valence-corrected chi connectivity index (χ2v) is 6.79. The number of carbonyl (C=O) groups excluding carboxylic acids is 3. The first-order valence-corrected chi connectivity index (χ1v) is 9.25. The molecule has 3 amide bonds. The summed E-state index contributed by atoms with van der Waals surface area (Å²) in [5.41, 5.74) is -0.543. The highest BCUT2D eigenvalue weighted by Gasteiger charge is 2.24. The van der Waals surface area contributed by atoms with Crippen molar-refractivity contribution in [2.24, 2.45) is 0 Å². The molecule has 148 valence electrons. The molecule has 9 nitrogen and oxygen atoms in total. The van der Waals surface area contributed by atoms with Gasteiger partial charge in [-0.15, -0.1) is 0 Å². The van der Waals surface area contributed by atoms with Crippen LogP contribution in [-0.4, -0.2) is 40.3 Å². The van der Waals surface area contributed by atoms with E-state index in [1.54, 1.807) is 24.3 Å². The topological polar surface area (TPSA) is 130 Å². The van der Waals surface area contributed by atoms with Gasteiger partial charge in [-0.2, -0.15) is 5.10 Å². The molecule has 1 fully saturated rings. The summed E-state index contributed by atoms with van der Waals surface area (Å²) in [6.07, 6.45) is 3.81. The Hall–Kier alpha value is -3.23. The van der Waals surface area contributed by atoms with Gasteiger partial charge in [0.1, 0.15) is 0 Å². The summed E-state index contributed by atoms with van der Waals surface area (Å²) in [6, 6.07) is 5.89. The van der Waals surface area contributed by atoms with E-state index in [9.17, 15) is 19.2 Å². The highest BCUT2D eigenvalue weighted by molar-refractivity contribution is 6.03. The molecule has 1 heterocycles. The quantitative estimate of drug-likeness (QED) is 0.685. The molecule has 0 aliphatic heterocycles. The summed E-state index contributed by atoms with van der Waals surface area (Å²) >= 11 is 0. The Morgan fingerprint density at radius 2 is 1.82 bits per heavy atom. The van der Waals surface area contributed by atoms with Gasteiger partial charge in [-0.25, -0.2) is 14.7 Å². The number of H-pyrrole nitrogens is 1. The van der Waals surface area contributed by atoms with E-state index in [4.69, 9.17) is 4.74 Å². The van der Waals surface area contributed by atoms with Crippen LogP contribution >= 0.6 is 0 Å². The number of ether oxygens (including phenoxy) is 1. The average Bonchev–Trinajstić information content (AvgIpc) is 2.69. The molecular formula is C19H22N4O5. The van der Waals surface area contributed by atoms with Gasteiger partial charge >= 0.3 is 12.0 Å². The molecule has 0 spiro atoms. The number of hydrogen-bond acceptors (Lipinski definition) is 6. The second kappa shape index (κ2) is 8.64. The Morgan fingerprint density at radius 1 is 1.14 bits per heavy atom. The van der Waals surface area contributed by atoms with Crippen molar-refractivity contribution in [2.75, 3.05) is 0 Å². The first-order chi connectivity index (χ1) is 13.5. The van der Waals surface area contributed by atoms with Crippen molar-refractivity contribution < 1.29 is 19.1 Å². The van der Waals surface area contributed by atoms with Crippen molar-refractivity contribution in [2.45, 2.75) is 51.2 Å². The number of aromatic nitrogens is 2. The fourth-order valence-corrected chi connectivity index (χ4v) is 3.22. The zero-order chi connectivity index (χ0) is 20.1. The summed E-state index contributed by atoms with van der Waals surface area (Å²) in [4.78, 5) is 48.3. The Balaban J connectivity index is 1.61. The monoisotopic (exact) mass is 386 g/mol. The number of hydrogen-bond donors (Lipinski definition) is 3. The van der Waals surface area contributed by atoms with Crippen molar-refractivity contribution in [3.05, 3.63) is 40.3 Å². The number of nitrogens with zero attached hydrogens (tertiary/aromatic N) is 1. The number of benzene rings is 1. The minimum atomic E-state index is -1.21. The van der Waals surface area contributed by atoms with Gasteiger partial charge in [0.25, 0.3) is 11.5 Å². The summed E-state index contributed by atoms with van der Waals surface area (Å²) in [5.74, 6) is -1.61. The number of amides is 3. The van der Waals surface area contributed by atoms with E-state index in [0.717, 1.165) is 32.1 Å². The van der Waals surface area contributed by atoms with Crippen LogP contribution in [0.4, 0.5) is 4.79 Å². The predicted molar refractivity (Wildman–Crippen MR) is 101 cm³/mol. The molecule has 1 aromatic heterocycles. The Morgan fingerprint density at radius 3 is 2.54 bits per heavy atom. The standard InChI is InChI=1S/C19H22N4O5/c1-11(16(24)21-19(27)20-12-7-3-2-4-8-12)28-18(26)15-13-9-5-6-10-14(13)17(25)23-22-15/h5-6,9-12H,2-4,7-8H2,1H3,(H,23,25)(H2,20,21,24,27)/t11-/m1/s1. The van der Waals surface area contributed by atoms with Crippen LogP contribution in [0.5, 0.6) is 0 Å². The number of imide groups is 1. The zero-order valence-electron chi connectivity index (χ0n) is 15.5. The molecule has 0 bridgehead atoms. The lowest BCUT2D eigenvalue weighted by atomic mass is 9.96. The van der Waals surface area contributed by atoms with Crippen molar-refractivity contribution in [3.63, 3.8) is 0 Å². The van der Waals surface area contributed by atoms with Crippen LogP contribution in [0.25, 0.3) is 10.8 Å². The molecule has 0 unspecified atom stereocenters. The third kappa shape index (κ3) is 4.54. The summed E-state index contributed by atoms with van der Waals surface area (Å²) in [7, 11) is 0. The van der Waals surface area contributed by atoms with E-state index >= 15 is 0 Å². The van der Waals surface area contributed by atoms with Gasteiger partial charge in [-0.1, -0.05) is 37.5 Å². The molecule has 0 saturated heterocycles. The van der Waals surface area contributed by atoms with Crippen molar-refractivity contribution in [3.8, 4) is 0 Å². The number of urea groups is 1. The van der Waals surface area contributed by atoms with Crippen LogP contribution in [-0.2, 0) is 9.53 Å². The first kappa shape index (κ1) is 19.5. The molecule has 3 N–H and O–H groups in total. The minimum absolute atomic E-state index is 0.0520. The van der Waals surface area contributed by atoms with E-state index in [-0.39, 0.29) is 17.1 Å². The Bertz CT molecular complexity index is 949. The normalized spacial score (nSPS) is 15.6. The molecule has 2 aromatic rings. The number of carbonyl (C=O) groups is 3. The summed E-state index contributed by atoms with van der Waals surface area (Å²) in [6.45, 7) is 1.36. The lowest BCUT2D eigenvalue weighted by Gasteiger charge is -2.23. The van der Waals surface area contributed by atoms with Crippen molar-refractivity contribution in [1.82, 2.24) is 20.8 Å². The molecule has 0 radical (unpaired) electrons. The number of esters is 1. The number of rotatable bonds is 4. The Kier molecular flexibility index (Phi) is 6.03. The molecule has 28 heavy (non-hydrogen) atoms.